The predicted octanol–water partition coefficient (Wildman–Crippen LogP) is 1.92. The first kappa shape index (κ1) is 7.28. The van der Waals surface area contributed by atoms with Crippen molar-refractivity contribution in [2.24, 2.45) is 0 Å². The molecule has 2 N–H and O–H groups in total. The van der Waals surface area contributed by atoms with E-state index in [1.165, 1.54) is 6.21 Å². The van der Waals surface area contributed by atoms with Crippen molar-refractivity contribution in [1.29, 1.82) is 5.41 Å². The third-order valence-corrected chi connectivity index (χ3v) is 1.78. The van der Waals surface area contributed by atoms with Gasteiger partial charge < -0.3 is 10.7 Å². The van der Waals surface area contributed by atoms with Crippen LogP contribution in [0.1, 0.15) is 0 Å². The number of allylic oxidation sites excluding steroid dienone is 4. The van der Waals surface area contributed by atoms with Crippen LogP contribution in [0.3, 0.4) is 0 Å². The Labute approximate surface area is 68.0 Å². The summed E-state index contributed by atoms with van der Waals surface area (Å²) in [7, 11) is 0. The van der Waals surface area contributed by atoms with Gasteiger partial charge >= 0.3 is 0 Å². The fourth-order valence-corrected chi connectivity index (χ4v) is 1.04. The molecule has 1 aliphatic rings. The van der Waals surface area contributed by atoms with Gasteiger partial charge in [-0.25, -0.2) is 0 Å². The average Bonchev–Trinajstić information content (AvgIpc) is 1.94. The van der Waals surface area contributed by atoms with E-state index in [2.05, 4.69) is 21.2 Å². The maximum absolute atomic E-state index is 6.82. The lowest BCUT2D eigenvalue weighted by Gasteiger charge is -2.07. The van der Waals surface area contributed by atoms with Crippen LogP contribution < -0.4 is 5.32 Å². The lowest BCUT2D eigenvalue weighted by molar-refractivity contribution is 1.09. The summed E-state index contributed by atoms with van der Waals surface area (Å²) in [6.45, 7) is 0. The van der Waals surface area contributed by atoms with Crippen LogP contribution in [-0.4, -0.2) is 6.21 Å². The third-order valence-electron chi connectivity index (χ3n) is 1.08. The van der Waals surface area contributed by atoms with Crippen LogP contribution in [0.15, 0.2) is 34.6 Å². The van der Waals surface area contributed by atoms with E-state index in [1.807, 2.05) is 18.4 Å². The summed E-state index contributed by atoms with van der Waals surface area (Å²) in [5.74, 6) is 0. The van der Waals surface area contributed by atoms with Crippen molar-refractivity contribution < 1.29 is 0 Å². The zero-order valence-electron chi connectivity index (χ0n) is 5.26. The number of nitrogens with one attached hydrogen (secondary N) is 2. The molecule has 0 saturated heterocycles. The van der Waals surface area contributed by atoms with Gasteiger partial charge in [-0.05, 0) is 34.2 Å². The maximum atomic E-state index is 6.82. The molecule has 1 aliphatic heterocycles. The van der Waals surface area contributed by atoms with Gasteiger partial charge in [0.1, 0.15) is 0 Å². The predicted molar refractivity (Wildman–Crippen MR) is 46.2 cm³/mol. The lowest BCUT2D eigenvalue weighted by atomic mass is 10.3. The molecule has 0 saturated carbocycles. The molecule has 10 heavy (non-hydrogen) atoms. The highest BCUT2D eigenvalue weighted by Gasteiger charge is 1.99. The highest BCUT2D eigenvalue weighted by Crippen LogP contribution is 2.16. The highest BCUT2D eigenvalue weighted by molar-refractivity contribution is 9.12. The van der Waals surface area contributed by atoms with Crippen molar-refractivity contribution in [2.45, 2.75) is 0 Å². The summed E-state index contributed by atoms with van der Waals surface area (Å²) in [6, 6.07) is 0. The highest BCUT2D eigenvalue weighted by atomic mass is 79.9. The Balaban J connectivity index is 2.82. The van der Waals surface area contributed by atoms with Crippen molar-refractivity contribution in [3.8, 4) is 0 Å². The second kappa shape index (κ2) is 3.37. The molecule has 0 radical (unpaired) electrons. The smallest absolute Gasteiger partial charge is 0.0539 e. The lowest BCUT2D eigenvalue weighted by Crippen LogP contribution is -2.07. The van der Waals surface area contributed by atoms with Gasteiger partial charge in [0.15, 0.2) is 0 Å². The van der Waals surface area contributed by atoms with Crippen molar-refractivity contribution >= 4 is 22.1 Å². The van der Waals surface area contributed by atoms with Gasteiger partial charge in [-0.1, -0.05) is 0 Å². The van der Waals surface area contributed by atoms with Gasteiger partial charge in [-0.3, -0.25) is 0 Å². The normalized spacial score (nSPS) is 20.1. The average molecular weight is 199 g/mol. The second-order valence-corrected chi connectivity index (χ2v) is 2.62. The van der Waals surface area contributed by atoms with Gasteiger partial charge in [-0.2, -0.15) is 0 Å². The van der Waals surface area contributed by atoms with Crippen LogP contribution in [-0.2, 0) is 0 Å². The minimum Gasteiger partial charge on any atom is -0.361 e. The van der Waals surface area contributed by atoms with Gasteiger partial charge in [-0.15, -0.1) is 0 Å². The Morgan fingerprint density at radius 2 is 2.40 bits per heavy atom. The SMILES string of the molecule is N=C/C=C1\NC=CC=C1Br. The molecule has 3 heteroatoms. The number of hydrogen-bond acceptors (Lipinski definition) is 2. The fourth-order valence-electron chi connectivity index (χ4n) is 0.640. The summed E-state index contributed by atoms with van der Waals surface area (Å²) < 4.78 is 0.971. The number of halogens is 1. The molecule has 0 fully saturated rings. The summed E-state index contributed by atoms with van der Waals surface area (Å²) in [4.78, 5) is 0. The van der Waals surface area contributed by atoms with E-state index in [4.69, 9.17) is 5.41 Å². The minimum atomic E-state index is 0.914. The maximum Gasteiger partial charge on any atom is 0.0539 e. The van der Waals surface area contributed by atoms with Gasteiger partial charge in [0, 0.05) is 16.9 Å². The second-order valence-electron chi connectivity index (χ2n) is 1.77. The molecule has 52 valence electrons. The molecular weight excluding hydrogens is 192 g/mol. The van der Waals surface area contributed by atoms with Crippen molar-refractivity contribution in [3.05, 3.63) is 34.6 Å². The molecular formula is C7H7BrN2. The molecule has 0 amide bonds. The monoisotopic (exact) mass is 198 g/mol. The van der Waals surface area contributed by atoms with E-state index in [0.717, 1.165) is 10.2 Å². The molecule has 1 heterocycles. The van der Waals surface area contributed by atoms with Gasteiger partial charge in [0.05, 0.1) is 5.70 Å². The molecule has 2 nitrogen and oxygen atoms in total. The molecule has 0 spiro atoms. The van der Waals surface area contributed by atoms with E-state index in [1.54, 1.807) is 6.08 Å². The standard InChI is InChI=1S/C7H7BrN2/c8-6-2-1-5-10-7(6)3-4-9/h1-5,9-10H/b7-3-,9-4?. The Morgan fingerprint density at radius 3 is 3.00 bits per heavy atom. The zero-order valence-corrected chi connectivity index (χ0v) is 6.85. The minimum absolute atomic E-state index is 0.914. The summed E-state index contributed by atoms with van der Waals surface area (Å²) in [5, 5.41) is 9.80. The first-order chi connectivity index (χ1) is 4.84. The molecule has 0 aliphatic carbocycles. The van der Waals surface area contributed by atoms with E-state index >= 15 is 0 Å². The van der Waals surface area contributed by atoms with E-state index in [9.17, 15) is 0 Å². The van der Waals surface area contributed by atoms with E-state index < -0.39 is 0 Å². The molecule has 0 aromatic rings. The molecule has 0 aromatic heterocycles. The summed E-state index contributed by atoms with van der Waals surface area (Å²) in [6.07, 6.45) is 8.57. The number of hydrogen-bond donors (Lipinski definition) is 2. The van der Waals surface area contributed by atoms with Crippen LogP contribution in [0.5, 0.6) is 0 Å². The first-order valence-corrected chi connectivity index (χ1v) is 3.64. The van der Waals surface area contributed by atoms with Crippen molar-refractivity contribution in [3.63, 3.8) is 0 Å². The summed E-state index contributed by atoms with van der Waals surface area (Å²) >= 11 is 3.33. The molecule has 1 rings (SSSR count). The van der Waals surface area contributed by atoms with Crippen molar-refractivity contribution in [2.75, 3.05) is 0 Å². The van der Waals surface area contributed by atoms with E-state index in [-0.39, 0.29) is 0 Å². The molecule has 0 aromatic carbocycles. The van der Waals surface area contributed by atoms with Crippen LogP contribution >= 0.6 is 15.9 Å². The Bertz CT molecular complexity index is 226. The zero-order chi connectivity index (χ0) is 7.40. The van der Waals surface area contributed by atoms with Crippen LogP contribution in [0.4, 0.5) is 0 Å². The van der Waals surface area contributed by atoms with Crippen molar-refractivity contribution in [1.82, 2.24) is 5.32 Å². The Hall–Kier alpha value is -0.830. The largest absolute Gasteiger partial charge is 0.361 e. The van der Waals surface area contributed by atoms with Crippen LogP contribution in [0.2, 0.25) is 0 Å². The third kappa shape index (κ3) is 1.57. The molecule has 0 bridgehead atoms. The van der Waals surface area contributed by atoms with Gasteiger partial charge in [0.25, 0.3) is 0 Å². The first-order valence-electron chi connectivity index (χ1n) is 2.84. The summed E-state index contributed by atoms with van der Waals surface area (Å²) in [5.41, 5.74) is 0.914. The quantitative estimate of drug-likeness (QED) is 0.621. The number of rotatable bonds is 1. The molecule has 0 unspecified atom stereocenters. The van der Waals surface area contributed by atoms with Crippen LogP contribution in [0.25, 0.3) is 0 Å². The topological polar surface area (TPSA) is 35.9 Å². The van der Waals surface area contributed by atoms with E-state index in [0.29, 0.717) is 0 Å². The Morgan fingerprint density at radius 1 is 1.60 bits per heavy atom. The fraction of sp³-hybridized carbons (Fsp3) is 0. The van der Waals surface area contributed by atoms with Crippen LogP contribution in [0, 0.1) is 5.41 Å². The molecule has 0 atom stereocenters. The Kier molecular flexibility index (Phi) is 2.45. The van der Waals surface area contributed by atoms with Gasteiger partial charge in [0.2, 0.25) is 0 Å². The number of dihydropyridines is 1.